The smallest absolute Gasteiger partial charge is 0.337 e. The van der Waals surface area contributed by atoms with Gasteiger partial charge in [0.05, 0.1) is 12.7 Å². The molecule has 108 valence electrons. The Morgan fingerprint density at radius 2 is 1.71 bits per heavy atom. The van der Waals surface area contributed by atoms with Gasteiger partial charge in [0.1, 0.15) is 0 Å². The van der Waals surface area contributed by atoms with Gasteiger partial charge in [-0.05, 0) is 41.7 Å². The zero-order valence-electron chi connectivity index (χ0n) is 12.1. The van der Waals surface area contributed by atoms with E-state index in [2.05, 4.69) is 29.6 Å². The Bertz CT molecular complexity index is 609. The Hall–Kier alpha value is -2.13. The van der Waals surface area contributed by atoms with E-state index in [-0.39, 0.29) is 5.97 Å². The maximum atomic E-state index is 11.4. The number of rotatable bonds is 4. The van der Waals surface area contributed by atoms with Crippen LogP contribution in [0.1, 0.15) is 27.0 Å². The monoisotopic (exact) mass is 281 g/mol. The van der Waals surface area contributed by atoms with Gasteiger partial charge >= 0.3 is 5.97 Å². The standard InChI is InChI=1S/C18H19NO2/c1-21-18(20)14-8-6-13(7-9-14)12-19-17-10-15-4-2-3-5-16(15)11-17/h2-9,17,19H,10-12H2,1H3. The van der Waals surface area contributed by atoms with E-state index in [0.717, 1.165) is 19.4 Å². The fourth-order valence-electron chi connectivity index (χ4n) is 2.84. The van der Waals surface area contributed by atoms with Crippen LogP contribution < -0.4 is 5.32 Å². The number of carbonyl (C=O) groups is 1. The van der Waals surface area contributed by atoms with Crippen molar-refractivity contribution >= 4 is 5.97 Å². The molecule has 1 aliphatic carbocycles. The molecule has 0 atom stereocenters. The number of esters is 1. The molecule has 21 heavy (non-hydrogen) atoms. The van der Waals surface area contributed by atoms with Gasteiger partial charge in [0.2, 0.25) is 0 Å². The lowest BCUT2D eigenvalue weighted by Crippen LogP contribution is -2.28. The molecule has 0 radical (unpaired) electrons. The van der Waals surface area contributed by atoms with E-state index in [4.69, 9.17) is 4.74 Å². The summed E-state index contributed by atoms with van der Waals surface area (Å²) in [6.07, 6.45) is 2.19. The average molecular weight is 281 g/mol. The van der Waals surface area contributed by atoms with E-state index < -0.39 is 0 Å². The summed E-state index contributed by atoms with van der Waals surface area (Å²) in [5.74, 6) is -0.291. The minimum absolute atomic E-state index is 0.291. The quantitative estimate of drug-likeness (QED) is 0.876. The number of ether oxygens (including phenoxy) is 1. The van der Waals surface area contributed by atoms with Crippen LogP contribution in [0.5, 0.6) is 0 Å². The molecule has 0 bridgehead atoms. The summed E-state index contributed by atoms with van der Waals surface area (Å²) in [6, 6.07) is 16.7. The van der Waals surface area contributed by atoms with Crippen LogP contribution in [0.15, 0.2) is 48.5 Å². The molecule has 0 fully saturated rings. The first-order chi connectivity index (χ1) is 10.3. The molecule has 1 N–H and O–H groups in total. The molecule has 1 aliphatic rings. The summed E-state index contributed by atoms with van der Waals surface area (Å²) in [4.78, 5) is 11.4. The normalized spacial score (nSPS) is 14.0. The molecule has 2 aromatic carbocycles. The van der Waals surface area contributed by atoms with Crippen LogP contribution in [0, 0.1) is 0 Å². The molecule has 0 aromatic heterocycles. The van der Waals surface area contributed by atoms with Gasteiger partial charge < -0.3 is 10.1 Å². The molecule has 0 spiro atoms. The number of hydrogen-bond acceptors (Lipinski definition) is 3. The van der Waals surface area contributed by atoms with E-state index in [0.29, 0.717) is 11.6 Å². The molecule has 0 unspecified atom stereocenters. The zero-order valence-corrected chi connectivity index (χ0v) is 12.1. The lowest BCUT2D eigenvalue weighted by Gasteiger charge is -2.12. The highest BCUT2D eigenvalue weighted by atomic mass is 16.5. The number of nitrogens with one attached hydrogen (secondary N) is 1. The van der Waals surface area contributed by atoms with Crippen molar-refractivity contribution in [3.63, 3.8) is 0 Å². The van der Waals surface area contributed by atoms with E-state index in [1.165, 1.54) is 23.8 Å². The second kappa shape index (κ2) is 6.10. The second-order valence-electron chi connectivity index (χ2n) is 5.44. The summed E-state index contributed by atoms with van der Waals surface area (Å²) < 4.78 is 4.70. The maximum Gasteiger partial charge on any atom is 0.337 e. The summed E-state index contributed by atoms with van der Waals surface area (Å²) in [6.45, 7) is 0.820. The molecule has 2 aromatic rings. The highest BCUT2D eigenvalue weighted by Crippen LogP contribution is 2.21. The van der Waals surface area contributed by atoms with Crippen LogP contribution in [0.3, 0.4) is 0 Å². The third kappa shape index (κ3) is 3.14. The Labute approximate surface area is 124 Å². The molecule has 0 saturated carbocycles. The lowest BCUT2D eigenvalue weighted by atomic mass is 10.1. The van der Waals surface area contributed by atoms with Crippen LogP contribution in [0.4, 0.5) is 0 Å². The minimum Gasteiger partial charge on any atom is -0.465 e. The van der Waals surface area contributed by atoms with Crippen molar-refractivity contribution in [2.24, 2.45) is 0 Å². The number of hydrogen-bond donors (Lipinski definition) is 1. The largest absolute Gasteiger partial charge is 0.465 e. The van der Waals surface area contributed by atoms with Gasteiger partial charge in [0, 0.05) is 12.6 Å². The first-order valence-corrected chi connectivity index (χ1v) is 7.23. The van der Waals surface area contributed by atoms with Gasteiger partial charge in [0.25, 0.3) is 0 Å². The Morgan fingerprint density at radius 1 is 1.10 bits per heavy atom. The van der Waals surface area contributed by atoms with Gasteiger partial charge in [-0.1, -0.05) is 36.4 Å². The SMILES string of the molecule is COC(=O)c1ccc(CNC2Cc3ccccc3C2)cc1. The molecular weight excluding hydrogens is 262 g/mol. The summed E-state index contributed by atoms with van der Waals surface area (Å²) >= 11 is 0. The fourth-order valence-corrected chi connectivity index (χ4v) is 2.84. The van der Waals surface area contributed by atoms with Crippen LogP contribution >= 0.6 is 0 Å². The van der Waals surface area contributed by atoms with Crippen molar-refractivity contribution in [1.82, 2.24) is 5.32 Å². The predicted molar refractivity (Wildman–Crippen MR) is 82.3 cm³/mol. The van der Waals surface area contributed by atoms with Gasteiger partial charge in [-0.15, -0.1) is 0 Å². The molecular formula is C18H19NO2. The van der Waals surface area contributed by atoms with E-state index >= 15 is 0 Å². The lowest BCUT2D eigenvalue weighted by molar-refractivity contribution is 0.0600. The predicted octanol–water partition coefficient (Wildman–Crippen LogP) is 2.73. The molecule has 0 aliphatic heterocycles. The fraction of sp³-hybridized carbons (Fsp3) is 0.278. The molecule has 3 rings (SSSR count). The van der Waals surface area contributed by atoms with Crippen molar-refractivity contribution < 1.29 is 9.53 Å². The van der Waals surface area contributed by atoms with E-state index in [1.54, 1.807) is 0 Å². The third-order valence-electron chi connectivity index (χ3n) is 4.02. The summed E-state index contributed by atoms with van der Waals surface area (Å²) in [7, 11) is 1.40. The van der Waals surface area contributed by atoms with Crippen molar-refractivity contribution in [1.29, 1.82) is 0 Å². The minimum atomic E-state index is -0.291. The van der Waals surface area contributed by atoms with Crippen LogP contribution in [0.2, 0.25) is 0 Å². The van der Waals surface area contributed by atoms with Gasteiger partial charge in [-0.25, -0.2) is 4.79 Å². The number of carbonyl (C=O) groups excluding carboxylic acids is 1. The van der Waals surface area contributed by atoms with Crippen LogP contribution in [-0.2, 0) is 24.1 Å². The molecule has 3 nitrogen and oxygen atoms in total. The Kier molecular flexibility index (Phi) is 4.02. The van der Waals surface area contributed by atoms with Crippen molar-refractivity contribution in [2.75, 3.05) is 7.11 Å². The van der Waals surface area contributed by atoms with Crippen LogP contribution in [0.25, 0.3) is 0 Å². The van der Waals surface area contributed by atoms with Crippen LogP contribution in [-0.4, -0.2) is 19.1 Å². The summed E-state index contributed by atoms with van der Waals surface area (Å²) in [5.41, 5.74) is 4.68. The van der Waals surface area contributed by atoms with Crippen molar-refractivity contribution in [3.05, 3.63) is 70.8 Å². The van der Waals surface area contributed by atoms with Gasteiger partial charge in [0.15, 0.2) is 0 Å². The molecule has 0 saturated heterocycles. The number of methoxy groups -OCH3 is 1. The molecule has 3 heteroatoms. The first-order valence-electron chi connectivity index (χ1n) is 7.23. The van der Waals surface area contributed by atoms with E-state index in [9.17, 15) is 4.79 Å². The number of benzene rings is 2. The Morgan fingerprint density at radius 3 is 2.29 bits per heavy atom. The molecule has 0 amide bonds. The molecule has 0 heterocycles. The Balaban J connectivity index is 1.56. The first kappa shape index (κ1) is 13.8. The third-order valence-corrected chi connectivity index (χ3v) is 4.02. The van der Waals surface area contributed by atoms with Gasteiger partial charge in [-0.3, -0.25) is 0 Å². The van der Waals surface area contributed by atoms with E-state index in [1.807, 2.05) is 24.3 Å². The average Bonchev–Trinajstić information content (AvgIpc) is 2.95. The maximum absolute atomic E-state index is 11.4. The highest BCUT2D eigenvalue weighted by molar-refractivity contribution is 5.89. The van der Waals surface area contributed by atoms with Gasteiger partial charge in [-0.2, -0.15) is 0 Å². The second-order valence-corrected chi connectivity index (χ2v) is 5.44. The zero-order chi connectivity index (χ0) is 14.7. The van der Waals surface area contributed by atoms with Crippen molar-refractivity contribution in [2.45, 2.75) is 25.4 Å². The highest BCUT2D eigenvalue weighted by Gasteiger charge is 2.20. The topological polar surface area (TPSA) is 38.3 Å². The summed E-state index contributed by atoms with van der Waals surface area (Å²) in [5, 5.41) is 3.59. The van der Waals surface area contributed by atoms with Crippen molar-refractivity contribution in [3.8, 4) is 0 Å². The number of fused-ring (bicyclic) bond motifs is 1.